The Morgan fingerprint density at radius 1 is 0.980 bits per heavy atom. The summed E-state index contributed by atoms with van der Waals surface area (Å²) in [4.78, 5) is 58.1. The highest BCUT2D eigenvalue weighted by molar-refractivity contribution is 8.00. The first-order chi connectivity index (χ1) is 23.5. The molecule has 1 aromatic heterocycles. The van der Waals surface area contributed by atoms with Gasteiger partial charge in [-0.3, -0.25) is 24.1 Å². The van der Waals surface area contributed by atoms with Gasteiger partial charge >= 0.3 is 4.87 Å². The zero-order valence-electron chi connectivity index (χ0n) is 25.9. The number of nitrogens with zero attached hydrogens (tertiary/aromatic N) is 1. The Morgan fingerprint density at radius 2 is 1.69 bits per heavy atom. The number of hydrogen-bond acceptors (Lipinski definition) is 10. The van der Waals surface area contributed by atoms with Gasteiger partial charge < -0.3 is 19.8 Å². The molecular weight excluding hydrogens is 689 g/mol. The van der Waals surface area contributed by atoms with Crippen LogP contribution in [0.5, 0.6) is 11.5 Å². The van der Waals surface area contributed by atoms with Crippen LogP contribution in [-0.4, -0.2) is 50.1 Å². The zero-order chi connectivity index (χ0) is 34.2. The number of para-hydroxylation sites is 1. The monoisotopic (exact) mass is 718 g/mol. The van der Waals surface area contributed by atoms with Crippen LogP contribution in [0.4, 0.5) is 11.4 Å². The van der Waals surface area contributed by atoms with Crippen molar-refractivity contribution in [3.8, 4) is 11.5 Å². The average molecular weight is 719 g/mol. The summed E-state index contributed by atoms with van der Waals surface area (Å²) in [5, 5.41) is 8.63. The number of thioether (sulfide) groups is 1. The normalized spacial score (nSPS) is 26.7. The van der Waals surface area contributed by atoms with E-state index in [0.29, 0.717) is 22.9 Å². The molecule has 7 atom stereocenters. The number of nitrogens with one attached hydrogen (secondary N) is 2. The maximum absolute atomic E-state index is 13.9. The minimum absolute atomic E-state index is 0.00516. The maximum atomic E-state index is 13.9. The van der Waals surface area contributed by atoms with Crippen LogP contribution in [0.3, 0.4) is 0 Å². The van der Waals surface area contributed by atoms with Gasteiger partial charge in [-0.15, -0.1) is 11.8 Å². The van der Waals surface area contributed by atoms with Crippen molar-refractivity contribution >= 4 is 62.2 Å². The molecule has 4 aliphatic rings. The van der Waals surface area contributed by atoms with Crippen molar-refractivity contribution in [1.29, 1.82) is 0 Å². The number of methoxy groups -OCH3 is 1. The highest BCUT2D eigenvalue weighted by Gasteiger charge is 2.69. The molecule has 0 radical (unpaired) electrons. The van der Waals surface area contributed by atoms with Crippen molar-refractivity contribution in [2.75, 3.05) is 23.9 Å². The number of aromatic nitrogens is 1. The van der Waals surface area contributed by atoms with Gasteiger partial charge in [-0.05, 0) is 78.3 Å². The van der Waals surface area contributed by atoms with Gasteiger partial charge in [-0.1, -0.05) is 35.6 Å². The van der Waals surface area contributed by atoms with E-state index in [2.05, 4.69) is 10.3 Å². The van der Waals surface area contributed by atoms with Crippen molar-refractivity contribution in [1.82, 2.24) is 4.98 Å². The first kappa shape index (κ1) is 31.8. The molecule has 3 fully saturated rings. The lowest BCUT2D eigenvalue weighted by molar-refractivity contribution is -0.123. The van der Waals surface area contributed by atoms with Crippen LogP contribution in [-0.2, 0) is 24.4 Å². The summed E-state index contributed by atoms with van der Waals surface area (Å²) in [7, 11) is -2.36. The minimum Gasteiger partial charge on any atom is -0.493 e. The molecule has 3 aromatic carbocycles. The maximum Gasteiger partial charge on any atom is 0.305 e. The molecule has 2 aliphatic carbocycles. The standard InChI is InChI=1S/C34H30N4O8S3/c1-45-23-13-16(7-12-22(23)46-15-24(39)36-17-8-10-19(11-9-17)49(35,43)44)25-26-20-14-21(29(26)47-31-30(25)48-34(42)37-31)28-27(20)32(40)38(33(28)41)18-5-3-2-4-6-18/h2-13,20-21,25-29H,14-15H2,1H3,(H,36,39)(H,37,42)(H2,35,43,44)/t20-,21-,25-,26?,27?,28?,29?/m1/s1. The summed E-state index contributed by atoms with van der Waals surface area (Å²) < 4.78 is 34.5. The number of sulfonamides is 1. The fourth-order valence-electron chi connectivity index (χ4n) is 8.29. The number of thiazole rings is 1. The average Bonchev–Trinajstić information content (AvgIpc) is 3.82. The molecule has 15 heteroatoms. The van der Waals surface area contributed by atoms with E-state index in [-0.39, 0.29) is 63.0 Å². The number of nitrogens with two attached hydrogens (primary N) is 1. The fraction of sp³-hybridized carbons (Fsp3) is 0.294. The topological polar surface area (TPSA) is 178 Å². The van der Waals surface area contributed by atoms with Gasteiger partial charge in [-0.25, -0.2) is 13.6 Å². The molecule has 3 amide bonds. The van der Waals surface area contributed by atoms with Crippen molar-refractivity contribution in [3.05, 3.63) is 92.9 Å². The molecule has 2 aliphatic heterocycles. The predicted octanol–water partition coefficient (Wildman–Crippen LogP) is 3.79. The lowest BCUT2D eigenvalue weighted by Crippen LogP contribution is -2.42. The van der Waals surface area contributed by atoms with Crippen molar-refractivity contribution in [3.63, 3.8) is 0 Å². The number of carbonyl (C=O) groups is 3. The minimum atomic E-state index is -3.86. The number of benzene rings is 3. The highest BCUT2D eigenvalue weighted by Crippen LogP contribution is 2.68. The van der Waals surface area contributed by atoms with E-state index >= 15 is 0 Å². The number of carbonyl (C=O) groups excluding carboxylic acids is 3. The molecule has 252 valence electrons. The summed E-state index contributed by atoms with van der Waals surface area (Å²) in [6.07, 6.45) is 0.769. The lowest BCUT2D eigenvalue weighted by Gasteiger charge is -2.43. The number of imide groups is 1. The number of fused-ring (bicyclic) bond motifs is 9. The van der Waals surface area contributed by atoms with Crippen LogP contribution in [0.15, 0.2) is 87.5 Å². The molecule has 4 unspecified atom stereocenters. The second-order valence-electron chi connectivity index (χ2n) is 12.6. The van der Waals surface area contributed by atoms with Gasteiger partial charge in [0.05, 0.1) is 34.6 Å². The molecule has 3 heterocycles. The van der Waals surface area contributed by atoms with Crippen molar-refractivity contribution in [2.24, 2.45) is 34.7 Å². The van der Waals surface area contributed by atoms with E-state index in [1.807, 2.05) is 30.3 Å². The first-order valence-electron chi connectivity index (χ1n) is 15.6. The number of hydrogen-bond donors (Lipinski definition) is 3. The summed E-state index contributed by atoms with van der Waals surface area (Å²) in [5.41, 5.74) is 1.85. The Balaban J connectivity index is 1.06. The van der Waals surface area contributed by atoms with Gasteiger partial charge in [0.15, 0.2) is 18.1 Å². The molecule has 4 aromatic rings. The number of aromatic amines is 1. The number of anilines is 2. The third-order valence-corrected chi connectivity index (χ3v) is 13.6. The number of ether oxygens (including phenoxy) is 2. The third kappa shape index (κ3) is 5.26. The number of rotatable bonds is 8. The second-order valence-corrected chi connectivity index (χ2v) is 16.4. The first-order valence-corrected chi connectivity index (χ1v) is 18.8. The van der Waals surface area contributed by atoms with Gasteiger partial charge in [0.1, 0.15) is 0 Å². The Bertz CT molecular complexity index is 2170. The SMILES string of the molecule is COc1cc([C@H]2c3sc(=O)[nH]c3SC3C2[C@H]2C[C@@H]3C3C(=O)N(c4ccccc4)C(=O)C32)ccc1OCC(=O)Nc1ccc(S(N)(=O)=O)cc1. The predicted molar refractivity (Wildman–Crippen MR) is 182 cm³/mol. The van der Waals surface area contributed by atoms with E-state index in [9.17, 15) is 27.6 Å². The molecule has 49 heavy (non-hydrogen) atoms. The van der Waals surface area contributed by atoms with E-state index in [4.69, 9.17) is 14.6 Å². The molecule has 12 nitrogen and oxygen atoms in total. The Labute approximate surface area is 289 Å². The van der Waals surface area contributed by atoms with Gasteiger partial charge in [0.2, 0.25) is 21.8 Å². The molecule has 2 bridgehead atoms. The molecular formula is C34H30N4O8S3. The van der Waals surface area contributed by atoms with Crippen LogP contribution in [0, 0.1) is 29.6 Å². The van der Waals surface area contributed by atoms with E-state index in [1.165, 1.54) is 47.6 Å². The highest BCUT2D eigenvalue weighted by atomic mass is 32.2. The quantitative estimate of drug-likeness (QED) is 0.229. The summed E-state index contributed by atoms with van der Waals surface area (Å²) in [6.45, 7) is -0.345. The van der Waals surface area contributed by atoms with Gasteiger partial charge in [-0.2, -0.15) is 0 Å². The van der Waals surface area contributed by atoms with Crippen molar-refractivity contribution < 1.29 is 32.3 Å². The molecule has 8 rings (SSSR count). The second kappa shape index (κ2) is 11.9. The summed E-state index contributed by atoms with van der Waals surface area (Å²) >= 11 is 2.79. The van der Waals surface area contributed by atoms with Crippen LogP contribution >= 0.6 is 23.1 Å². The summed E-state index contributed by atoms with van der Waals surface area (Å²) in [5.74, 6) is -1.10. The number of H-pyrrole nitrogens is 1. The number of primary sulfonamides is 1. The summed E-state index contributed by atoms with van der Waals surface area (Å²) in [6, 6.07) is 20.0. The van der Waals surface area contributed by atoms with Crippen LogP contribution < -0.4 is 29.7 Å². The molecule has 4 N–H and O–H groups in total. The van der Waals surface area contributed by atoms with Crippen LogP contribution in [0.2, 0.25) is 0 Å². The van der Waals surface area contributed by atoms with Crippen molar-refractivity contribution in [2.45, 2.75) is 27.5 Å². The van der Waals surface area contributed by atoms with E-state index in [0.717, 1.165) is 21.9 Å². The van der Waals surface area contributed by atoms with Gasteiger partial charge in [0.25, 0.3) is 5.91 Å². The Morgan fingerprint density at radius 3 is 2.39 bits per heavy atom. The zero-order valence-corrected chi connectivity index (χ0v) is 28.3. The van der Waals surface area contributed by atoms with E-state index in [1.54, 1.807) is 30.0 Å². The molecule has 2 saturated carbocycles. The lowest BCUT2D eigenvalue weighted by atomic mass is 9.68. The van der Waals surface area contributed by atoms with Crippen LogP contribution in [0.1, 0.15) is 22.8 Å². The van der Waals surface area contributed by atoms with Crippen LogP contribution in [0.25, 0.3) is 0 Å². The van der Waals surface area contributed by atoms with E-state index < -0.39 is 21.8 Å². The number of amides is 3. The Hall–Kier alpha value is -4.44. The smallest absolute Gasteiger partial charge is 0.305 e. The fourth-order valence-corrected chi connectivity index (χ4v) is 11.7. The third-order valence-electron chi connectivity index (χ3n) is 10.1. The Kier molecular flexibility index (Phi) is 7.70. The molecule has 1 saturated heterocycles. The largest absolute Gasteiger partial charge is 0.493 e. The van der Waals surface area contributed by atoms with Gasteiger partial charge in [0, 0.05) is 21.7 Å². The molecule has 0 spiro atoms.